The number of rotatable bonds is 8. The van der Waals surface area contributed by atoms with Crippen LogP contribution in [0.1, 0.15) is 23.7 Å². The number of sulfonamides is 1. The molecule has 1 aliphatic rings. The summed E-state index contributed by atoms with van der Waals surface area (Å²) in [5.74, 6) is -1.87. The van der Waals surface area contributed by atoms with Gasteiger partial charge in [0.1, 0.15) is 6.04 Å². The van der Waals surface area contributed by atoms with Crippen molar-refractivity contribution in [1.82, 2.24) is 4.72 Å². The molecule has 1 heterocycles. The molecule has 4 atom stereocenters. The van der Waals surface area contributed by atoms with Gasteiger partial charge < -0.3 is 14.6 Å². The third-order valence-electron chi connectivity index (χ3n) is 6.11. The summed E-state index contributed by atoms with van der Waals surface area (Å²) >= 11 is 0. The van der Waals surface area contributed by atoms with Crippen LogP contribution >= 0.6 is 0 Å². The lowest BCUT2D eigenvalue weighted by Crippen LogP contribution is -2.49. The van der Waals surface area contributed by atoms with E-state index < -0.39 is 34.1 Å². The maximum Gasteiger partial charge on any atom is 0.322 e. The molecular weight excluding hydrogens is 442 g/mol. The summed E-state index contributed by atoms with van der Waals surface area (Å²) in [4.78, 5) is 12.3. The van der Waals surface area contributed by atoms with Crippen molar-refractivity contribution in [3.63, 3.8) is 0 Å². The molecule has 33 heavy (non-hydrogen) atoms. The molecule has 174 valence electrons. The van der Waals surface area contributed by atoms with Gasteiger partial charge in [0.15, 0.2) is 0 Å². The summed E-state index contributed by atoms with van der Waals surface area (Å²) in [5.41, 5.74) is 1.85. The van der Waals surface area contributed by atoms with E-state index in [1.54, 1.807) is 12.1 Å². The number of methoxy groups -OCH3 is 1. The fraction of sp³-hybridized carbons (Fsp3) is 0.320. The van der Waals surface area contributed by atoms with Gasteiger partial charge in [-0.15, -0.1) is 0 Å². The van der Waals surface area contributed by atoms with E-state index in [4.69, 9.17) is 9.47 Å². The Labute approximate surface area is 193 Å². The second-order valence-electron chi connectivity index (χ2n) is 8.34. The normalized spacial score (nSPS) is 21.8. The molecule has 1 aliphatic heterocycles. The van der Waals surface area contributed by atoms with Crippen molar-refractivity contribution in [2.45, 2.75) is 36.5 Å². The van der Waals surface area contributed by atoms with Gasteiger partial charge >= 0.3 is 5.97 Å². The highest BCUT2D eigenvalue weighted by Gasteiger charge is 2.45. The molecular formula is C25H27NO6S. The largest absolute Gasteiger partial charge is 0.480 e. The third kappa shape index (κ3) is 4.94. The number of carboxylic acids is 1. The molecule has 3 aromatic carbocycles. The lowest BCUT2D eigenvalue weighted by molar-refractivity contribution is -0.141. The number of carboxylic acid groups (broad SMARTS) is 1. The van der Waals surface area contributed by atoms with Gasteiger partial charge in [-0.05, 0) is 41.8 Å². The van der Waals surface area contributed by atoms with Crippen molar-refractivity contribution in [3.8, 4) is 0 Å². The minimum atomic E-state index is -4.04. The van der Waals surface area contributed by atoms with Crippen molar-refractivity contribution in [2.24, 2.45) is 5.92 Å². The maximum absolute atomic E-state index is 13.0. The van der Waals surface area contributed by atoms with Crippen molar-refractivity contribution in [2.75, 3.05) is 13.7 Å². The second kappa shape index (κ2) is 9.61. The van der Waals surface area contributed by atoms with Crippen LogP contribution in [0.15, 0.2) is 71.6 Å². The third-order valence-corrected chi connectivity index (χ3v) is 7.57. The van der Waals surface area contributed by atoms with E-state index in [0.29, 0.717) is 6.42 Å². The Bertz CT molecular complexity index is 1240. The second-order valence-corrected chi connectivity index (χ2v) is 10.1. The molecule has 0 radical (unpaired) electrons. The number of carbonyl (C=O) groups is 1. The molecule has 7 nitrogen and oxygen atoms in total. The number of hydrogen-bond donors (Lipinski definition) is 2. The number of fused-ring (bicyclic) bond motifs is 1. The highest BCUT2D eigenvalue weighted by Crippen LogP contribution is 2.41. The predicted molar refractivity (Wildman–Crippen MR) is 124 cm³/mol. The Morgan fingerprint density at radius 2 is 1.82 bits per heavy atom. The van der Waals surface area contributed by atoms with Crippen LogP contribution in [0.2, 0.25) is 0 Å². The Morgan fingerprint density at radius 3 is 2.52 bits per heavy atom. The molecule has 3 aromatic rings. The zero-order valence-corrected chi connectivity index (χ0v) is 19.3. The Balaban J connectivity index is 1.65. The van der Waals surface area contributed by atoms with Crippen LogP contribution in [0.3, 0.4) is 0 Å². The molecule has 0 amide bonds. The van der Waals surface area contributed by atoms with Gasteiger partial charge in [-0.25, -0.2) is 8.42 Å². The van der Waals surface area contributed by atoms with Crippen molar-refractivity contribution < 1.29 is 27.8 Å². The first kappa shape index (κ1) is 23.4. The molecule has 1 unspecified atom stereocenters. The van der Waals surface area contributed by atoms with Crippen molar-refractivity contribution in [1.29, 1.82) is 0 Å². The summed E-state index contributed by atoms with van der Waals surface area (Å²) in [6, 6.07) is 18.7. The van der Waals surface area contributed by atoms with Gasteiger partial charge in [-0.1, -0.05) is 60.2 Å². The lowest BCUT2D eigenvalue weighted by atomic mass is 9.89. The fourth-order valence-corrected chi connectivity index (χ4v) is 5.69. The van der Waals surface area contributed by atoms with Crippen LogP contribution < -0.4 is 4.72 Å². The van der Waals surface area contributed by atoms with E-state index in [9.17, 15) is 18.3 Å². The molecule has 8 heteroatoms. The number of benzene rings is 3. The van der Waals surface area contributed by atoms with E-state index in [0.717, 1.165) is 21.9 Å². The zero-order chi connectivity index (χ0) is 23.6. The van der Waals surface area contributed by atoms with E-state index >= 15 is 0 Å². The number of aryl methyl sites for hydroxylation is 1. The van der Waals surface area contributed by atoms with Crippen molar-refractivity contribution in [3.05, 3.63) is 77.9 Å². The van der Waals surface area contributed by atoms with Gasteiger partial charge in [0.25, 0.3) is 0 Å². The molecule has 0 spiro atoms. The number of nitrogens with one attached hydrogen (secondary N) is 1. The summed E-state index contributed by atoms with van der Waals surface area (Å²) in [6.07, 6.45) is -0.622. The Kier molecular flexibility index (Phi) is 6.81. The summed E-state index contributed by atoms with van der Waals surface area (Å²) in [6.45, 7) is 2.00. The van der Waals surface area contributed by atoms with Crippen molar-refractivity contribution >= 4 is 26.8 Å². The standard InChI is InChI=1S/C25H27NO6S/c1-16-10-12-18(13-11-16)33(29,30)26-24(25(27)28)21-14-22(32-23(21)15-31-2)20-9-5-7-17-6-3-4-8-19(17)20/h3-13,21-24,26H,14-15H2,1-2H3,(H,27,28)/t21?,22-,23-,24+/m1/s1. The molecule has 2 N–H and O–H groups in total. The van der Waals surface area contributed by atoms with Crippen LogP contribution in [-0.4, -0.2) is 45.4 Å². The van der Waals surface area contributed by atoms with Crippen LogP contribution in [0, 0.1) is 12.8 Å². The van der Waals surface area contributed by atoms with Gasteiger partial charge in [0.2, 0.25) is 10.0 Å². The topological polar surface area (TPSA) is 102 Å². The Morgan fingerprint density at radius 1 is 1.12 bits per heavy atom. The highest BCUT2D eigenvalue weighted by molar-refractivity contribution is 7.89. The fourth-order valence-electron chi connectivity index (χ4n) is 4.45. The molecule has 1 saturated heterocycles. The monoisotopic (exact) mass is 469 g/mol. The summed E-state index contributed by atoms with van der Waals surface area (Å²) in [5, 5.41) is 12.1. The average Bonchev–Trinajstić information content (AvgIpc) is 3.21. The van der Waals surface area contributed by atoms with E-state index in [1.807, 2.05) is 49.4 Å². The van der Waals surface area contributed by atoms with E-state index in [-0.39, 0.29) is 17.6 Å². The van der Waals surface area contributed by atoms with Gasteiger partial charge in [0.05, 0.1) is 23.7 Å². The quantitative estimate of drug-likeness (QED) is 0.522. The molecule has 0 saturated carbocycles. The van der Waals surface area contributed by atoms with Crippen LogP contribution in [0.4, 0.5) is 0 Å². The number of hydrogen-bond acceptors (Lipinski definition) is 5. The number of aliphatic carboxylic acids is 1. The lowest BCUT2D eigenvalue weighted by Gasteiger charge is -2.24. The van der Waals surface area contributed by atoms with E-state index in [1.165, 1.54) is 19.2 Å². The SMILES string of the molecule is COC[C@H]1O[C@@H](c2cccc3ccccc23)CC1[C@H](NS(=O)(=O)c1ccc(C)cc1)C(=O)O. The minimum absolute atomic E-state index is 0.0205. The van der Waals surface area contributed by atoms with Crippen LogP contribution in [0.5, 0.6) is 0 Å². The summed E-state index contributed by atoms with van der Waals surface area (Å²) in [7, 11) is -2.53. The minimum Gasteiger partial charge on any atom is -0.480 e. The molecule has 4 rings (SSSR count). The molecule has 0 aromatic heterocycles. The van der Waals surface area contributed by atoms with Gasteiger partial charge in [-0.2, -0.15) is 4.72 Å². The van der Waals surface area contributed by atoms with Crippen LogP contribution in [0.25, 0.3) is 10.8 Å². The first-order valence-electron chi connectivity index (χ1n) is 10.7. The number of ether oxygens (including phenoxy) is 2. The van der Waals surface area contributed by atoms with E-state index in [2.05, 4.69) is 4.72 Å². The summed E-state index contributed by atoms with van der Waals surface area (Å²) < 4.78 is 39.9. The smallest absolute Gasteiger partial charge is 0.322 e. The highest BCUT2D eigenvalue weighted by atomic mass is 32.2. The predicted octanol–water partition coefficient (Wildman–Crippen LogP) is 3.67. The zero-order valence-electron chi connectivity index (χ0n) is 18.5. The Hall–Kier alpha value is -2.78. The first-order valence-corrected chi connectivity index (χ1v) is 12.2. The maximum atomic E-state index is 13.0. The van der Waals surface area contributed by atoms with Gasteiger partial charge in [-0.3, -0.25) is 4.79 Å². The molecule has 0 aliphatic carbocycles. The average molecular weight is 470 g/mol. The molecule has 0 bridgehead atoms. The van der Waals surface area contributed by atoms with Crippen LogP contribution in [-0.2, 0) is 24.3 Å². The molecule has 1 fully saturated rings. The van der Waals surface area contributed by atoms with Gasteiger partial charge in [0, 0.05) is 13.0 Å². The first-order chi connectivity index (χ1) is 15.8.